The number of anilines is 1. The average Bonchev–Trinajstić information content (AvgIpc) is 2.83. The lowest BCUT2D eigenvalue weighted by atomic mass is 10.1. The molecule has 0 radical (unpaired) electrons. The van der Waals surface area contributed by atoms with E-state index in [1.54, 1.807) is 0 Å². The van der Waals surface area contributed by atoms with Gasteiger partial charge in [-0.1, -0.05) is 25.2 Å². The number of amides is 1. The zero-order valence-corrected chi connectivity index (χ0v) is 13.0. The highest BCUT2D eigenvalue weighted by Gasteiger charge is 2.16. The van der Waals surface area contributed by atoms with Gasteiger partial charge in [-0.2, -0.15) is 0 Å². The molecule has 6 heteroatoms. The van der Waals surface area contributed by atoms with Gasteiger partial charge in [0.25, 0.3) is 0 Å². The lowest BCUT2D eigenvalue weighted by Crippen LogP contribution is -2.15. The van der Waals surface area contributed by atoms with Crippen molar-refractivity contribution in [2.45, 2.75) is 26.7 Å². The van der Waals surface area contributed by atoms with Crippen molar-refractivity contribution < 1.29 is 14.3 Å². The van der Waals surface area contributed by atoms with Gasteiger partial charge in [-0.25, -0.2) is 4.98 Å². The molecule has 0 bridgehead atoms. The van der Waals surface area contributed by atoms with E-state index in [-0.39, 0.29) is 5.91 Å². The van der Waals surface area contributed by atoms with Gasteiger partial charge < -0.3 is 14.8 Å². The SMILES string of the molecule is CC(C)CCC(=O)Nc1nc2cc3c(cc2s1)OCCO3. The fraction of sp³-hybridized carbons (Fsp3) is 0.467. The second kappa shape index (κ2) is 5.89. The van der Waals surface area contributed by atoms with Gasteiger partial charge in [0.05, 0.1) is 10.2 Å². The highest BCUT2D eigenvalue weighted by Crippen LogP contribution is 2.37. The summed E-state index contributed by atoms with van der Waals surface area (Å²) in [6.45, 7) is 5.34. The molecule has 2 aromatic rings. The highest BCUT2D eigenvalue weighted by molar-refractivity contribution is 7.22. The predicted octanol–water partition coefficient (Wildman–Crippen LogP) is 3.44. The molecule has 0 aliphatic carbocycles. The molecule has 2 heterocycles. The Balaban J connectivity index is 1.76. The molecular weight excluding hydrogens is 288 g/mol. The summed E-state index contributed by atoms with van der Waals surface area (Å²) in [5, 5.41) is 3.49. The number of hydrogen-bond donors (Lipinski definition) is 1. The lowest BCUT2D eigenvalue weighted by molar-refractivity contribution is -0.116. The van der Waals surface area contributed by atoms with Crippen LogP contribution < -0.4 is 14.8 Å². The Bertz CT molecular complexity index is 623. The molecule has 5 nitrogen and oxygen atoms in total. The molecule has 0 saturated carbocycles. The van der Waals surface area contributed by atoms with Crippen LogP contribution in [0, 0.1) is 5.92 Å². The van der Waals surface area contributed by atoms with Crippen LogP contribution in [0.3, 0.4) is 0 Å². The Labute approximate surface area is 127 Å². The highest BCUT2D eigenvalue weighted by atomic mass is 32.1. The Hall–Kier alpha value is -1.82. The van der Waals surface area contributed by atoms with E-state index in [0.717, 1.165) is 28.1 Å². The van der Waals surface area contributed by atoms with E-state index in [9.17, 15) is 4.79 Å². The van der Waals surface area contributed by atoms with E-state index in [1.165, 1.54) is 11.3 Å². The first-order valence-corrected chi connectivity index (χ1v) is 7.93. The van der Waals surface area contributed by atoms with Crippen LogP contribution >= 0.6 is 11.3 Å². The maximum Gasteiger partial charge on any atom is 0.226 e. The summed E-state index contributed by atoms with van der Waals surface area (Å²) in [5.74, 6) is 2.00. The minimum absolute atomic E-state index is 0.0139. The standard InChI is InChI=1S/C15H18N2O3S/c1-9(2)3-4-14(18)17-15-16-10-7-11-12(8-13(10)21-15)20-6-5-19-11/h7-9H,3-6H2,1-2H3,(H,16,17,18). The van der Waals surface area contributed by atoms with Gasteiger partial charge in [-0.05, 0) is 12.3 Å². The molecule has 0 spiro atoms. The molecule has 0 atom stereocenters. The van der Waals surface area contributed by atoms with Crippen LogP contribution in [0.5, 0.6) is 11.5 Å². The Kier molecular flexibility index (Phi) is 3.96. The van der Waals surface area contributed by atoms with Crippen LogP contribution in [-0.2, 0) is 4.79 Å². The predicted molar refractivity (Wildman–Crippen MR) is 83.3 cm³/mol. The Morgan fingerprint density at radius 1 is 1.33 bits per heavy atom. The minimum atomic E-state index is 0.0139. The molecule has 0 unspecified atom stereocenters. The van der Waals surface area contributed by atoms with Crippen LogP contribution in [0.15, 0.2) is 12.1 Å². The van der Waals surface area contributed by atoms with E-state index in [2.05, 4.69) is 24.1 Å². The third kappa shape index (κ3) is 3.26. The lowest BCUT2D eigenvalue weighted by Gasteiger charge is -2.17. The number of aromatic nitrogens is 1. The molecular formula is C15H18N2O3S. The number of nitrogens with one attached hydrogen (secondary N) is 1. The maximum absolute atomic E-state index is 11.9. The van der Waals surface area contributed by atoms with Gasteiger partial charge in [-0.3, -0.25) is 4.79 Å². The largest absolute Gasteiger partial charge is 0.486 e. The van der Waals surface area contributed by atoms with Gasteiger partial charge in [0.1, 0.15) is 13.2 Å². The summed E-state index contributed by atoms with van der Waals surface area (Å²) in [6, 6.07) is 3.79. The molecule has 112 valence electrons. The van der Waals surface area contributed by atoms with Crippen LogP contribution in [0.1, 0.15) is 26.7 Å². The first-order chi connectivity index (χ1) is 10.1. The average molecular weight is 306 g/mol. The van der Waals surface area contributed by atoms with Crippen molar-refractivity contribution in [3.63, 3.8) is 0 Å². The second-order valence-electron chi connectivity index (χ2n) is 5.46. The summed E-state index contributed by atoms with van der Waals surface area (Å²) >= 11 is 1.45. The quantitative estimate of drug-likeness (QED) is 0.940. The minimum Gasteiger partial charge on any atom is -0.486 e. The van der Waals surface area contributed by atoms with Crippen molar-refractivity contribution in [3.05, 3.63) is 12.1 Å². The number of carbonyl (C=O) groups is 1. The van der Waals surface area contributed by atoms with Crippen molar-refractivity contribution in [2.75, 3.05) is 18.5 Å². The van der Waals surface area contributed by atoms with E-state index in [0.29, 0.717) is 30.7 Å². The van der Waals surface area contributed by atoms with E-state index < -0.39 is 0 Å². The molecule has 1 aromatic heterocycles. The van der Waals surface area contributed by atoms with Crippen LogP contribution in [0.2, 0.25) is 0 Å². The number of fused-ring (bicyclic) bond motifs is 2. The fourth-order valence-corrected chi connectivity index (χ4v) is 3.01. The van der Waals surface area contributed by atoms with E-state index >= 15 is 0 Å². The summed E-state index contributed by atoms with van der Waals surface area (Å²) < 4.78 is 12.1. The molecule has 1 amide bonds. The molecule has 3 rings (SSSR count). The van der Waals surface area contributed by atoms with Crippen LogP contribution in [-0.4, -0.2) is 24.1 Å². The molecule has 1 aromatic carbocycles. The van der Waals surface area contributed by atoms with Crippen LogP contribution in [0.4, 0.5) is 5.13 Å². The maximum atomic E-state index is 11.9. The second-order valence-corrected chi connectivity index (χ2v) is 6.49. The smallest absolute Gasteiger partial charge is 0.226 e. The molecule has 21 heavy (non-hydrogen) atoms. The van der Waals surface area contributed by atoms with Gasteiger partial charge in [0.15, 0.2) is 16.6 Å². The van der Waals surface area contributed by atoms with Crippen molar-refractivity contribution >= 4 is 32.6 Å². The third-order valence-corrected chi connectivity index (χ3v) is 4.18. The molecule has 0 fully saturated rings. The number of benzene rings is 1. The van der Waals surface area contributed by atoms with E-state index in [4.69, 9.17) is 9.47 Å². The van der Waals surface area contributed by atoms with Crippen LogP contribution in [0.25, 0.3) is 10.2 Å². The van der Waals surface area contributed by atoms with Crippen molar-refractivity contribution in [2.24, 2.45) is 5.92 Å². The summed E-state index contributed by atoms with van der Waals surface area (Å²) in [4.78, 5) is 16.3. The monoisotopic (exact) mass is 306 g/mol. The zero-order chi connectivity index (χ0) is 14.8. The Morgan fingerprint density at radius 3 is 2.76 bits per heavy atom. The van der Waals surface area contributed by atoms with Crippen molar-refractivity contribution in [3.8, 4) is 11.5 Å². The number of hydrogen-bond acceptors (Lipinski definition) is 5. The van der Waals surface area contributed by atoms with Crippen molar-refractivity contribution in [1.29, 1.82) is 0 Å². The third-order valence-electron chi connectivity index (χ3n) is 3.25. The van der Waals surface area contributed by atoms with Crippen molar-refractivity contribution in [1.82, 2.24) is 4.98 Å². The molecule has 1 N–H and O–H groups in total. The molecule has 1 aliphatic rings. The summed E-state index contributed by atoms with van der Waals surface area (Å²) in [6.07, 6.45) is 1.41. The topological polar surface area (TPSA) is 60.5 Å². The van der Waals surface area contributed by atoms with Gasteiger partial charge in [0, 0.05) is 18.6 Å². The number of ether oxygens (including phenoxy) is 2. The van der Waals surface area contributed by atoms with Gasteiger partial charge in [-0.15, -0.1) is 0 Å². The fourth-order valence-electron chi connectivity index (χ4n) is 2.12. The molecule has 0 saturated heterocycles. The first-order valence-electron chi connectivity index (χ1n) is 7.12. The molecule has 1 aliphatic heterocycles. The zero-order valence-electron chi connectivity index (χ0n) is 12.1. The first kappa shape index (κ1) is 14.1. The van der Waals surface area contributed by atoms with Gasteiger partial charge in [0.2, 0.25) is 5.91 Å². The number of thiazole rings is 1. The number of rotatable bonds is 4. The Morgan fingerprint density at radius 2 is 2.05 bits per heavy atom. The number of carbonyl (C=O) groups excluding carboxylic acids is 1. The van der Waals surface area contributed by atoms with E-state index in [1.807, 2.05) is 12.1 Å². The van der Waals surface area contributed by atoms with Gasteiger partial charge >= 0.3 is 0 Å². The summed E-state index contributed by atoms with van der Waals surface area (Å²) in [7, 11) is 0. The number of nitrogens with zero attached hydrogens (tertiary/aromatic N) is 1. The summed E-state index contributed by atoms with van der Waals surface area (Å²) in [5.41, 5.74) is 0.823. The normalized spacial score (nSPS) is 13.7.